The molecule has 0 radical (unpaired) electrons. The van der Waals surface area contributed by atoms with Crippen molar-refractivity contribution in [2.75, 3.05) is 42.8 Å². The summed E-state index contributed by atoms with van der Waals surface area (Å²) in [5.41, 5.74) is 7.88. The molecule has 0 atom stereocenters. The number of nitrogens with one attached hydrogen (secondary N) is 1. The Morgan fingerprint density at radius 2 is 2.21 bits per heavy atom. The van der Waals surface area contributed by atoms with Gasteiger partial charge in [0.15, 0.2) is 0 Å². The molecular weight excluding hydrogens is 330 g/mol. The highest BCUT2D eigenvalue weighted by molar-refractivity contribution is 6.32. The number of halogens is 1. The standard InChI is InChI=1S/C17H18ClN3O3/c1-23-15-5-3-12(9-13(15)18)20-17(22)10-21-6-7-24-16-8-11(19)2-4-14(16)21/h2-5,8-9H,6-7,10,19H2,1H3,(H,20,22). The molecule has 2 aromatic rings. The summed E-state index contributed by atoms with van der Waals surface area (Å²) in [4.78, 5) is 14.3. The first-order chi connectivity index (χ1) is 11.6. The molecule has 0 saturated carbocycles. The zero-order chi connectivity index (χ0) is 17.1. The number of hydrogen-bond donors (Lipinski definition) is 2. The van der Waals surface area contributed by atoms with Gasteiger partial charge in [-0.1, -0.05) is 11.6 Å². The summed E-state index contributed by atoms with van der Waals surface area (Å²) in [6, 6.07) is 10.5. The highest BCUT2D eigenvalue weighted by Gasteiger charge is 2.20. The van der Waals surface area contributed by atoms with Gasteiger partial charge in [0.1, 0.15) is 18.1 Å². The number of fused-ring (bicyclic) bond motifs is 1. The Kier molecular flexibility index (Phi) is 4.66. The minimum absolute atomic E-state index is 0.138. The number of nitrogen functional groups attached to an aromatic ring is 1. The van der Waals surface area contributed by atoms with Crippen LogP contribution in [0.2, 0.25) is 5.02 Å². The van der Waals surface area contributed by atoms with Crippen molar-refractivity contribution in [3.63, 3.8) is 0 Å². The average Bonchev–Trinajstić information content (AvgIpc) is 2.55. The van der Waals surface area contributed by atoms with Crippen LogP contribution in [0.4, 0.5) is 17.1 Å². The number of carbonyl (C=O) groups is 1. The van der Waals surface area contributed by atoms with E-state index in [4.69, 9.17) is 26.8 Å². The van der Waals surface area contributed by atoms with Crippen molar-refractivity contribution in [1.82, 2.24) is 0 Å². The molecule has 0 aliphatic carbocycles. The first-order valence-corrected chi connectivity index (χ1v) is 7.85. The lowest BCUT2D eigenvalue weighted by atomic mass is 10.2. The Labute approximate surface area is 145 Å². The third kappa shape index (κ3) is 3.49. The summed E-state index contributed by atoms with van der Waals surface area (Å²) in [5.74, 6) is 1.12. The van der Waals surface area contributed by atoms with E-state index in [1.807, 2.05) is 11.0 Å². The number of benzene rings is 2. The molecule has 1 heterocycles. The van der Waals surface area contributed by atoms with Gasteiger partial charge in [0, 0.05) is 17.4 Å². The molecule has 0 fully saturated rings. The second-order valence-electron chi connectivity index (χ2n) is 5.39. The van der Waals surface area contributed by atoms with Crippen LogP contribution >= 0.6 is 11.6 Å². The molecule has 1 amide bonds. The van der Waals surface area contributed by atoms with E-state index in [1.54, 1.807) is 37.4 Å². The predicted octanol–water partition coefficient (Wildman–Crippen LogP) is 2.77. The van der Waals surface area contributed by atoms with Crippen LogP contribution in [0.3, 0.4) is 0 Å². The minimum atomic E-state index is -0.138. The van der Waals surface area contributed by atoms with Gasteiger partial charge >= 0.3 is 0 Å². The summed E-state index contributed by atoms with van der Waals surface area (Å²) in [5, 5.41) is 3.28. The van der Waals surface area contributed by atoms with Gasteiger partial charge in [-0.05, 0) is 30.3 Å². The van der Waals surface area contributed by atoms with Gasteiger partial charge in [-0.15, -0.1) is 0 Å². The number of hydrogen-bond acceptors (Lipinski definition) is 5. The van der Waals surface area contributed by atoms with Crippen LogP contribution < -0.4 is 25.4 Å². The molecule has 7 heteroatoms. The summed E-state index contributed by atoms with van der Waals surface area (Å²) >= 11 is 6.07. The van der Waals surface area contributed by atoms with Gasteiger partial charge in [-0.25, -0.2) is 0 Å². The fraction of sp³-hybridized carbons (Fsp3) is 0.235. The minimum Gasteiger partial charge on any atom is -0.495 e. The lowest BCUT2D eigenvalue weighted by Crippen LogP contribution is -2.38. The molecule has 3 N–H and O–H groups in total. The van der Waals surface area contributed by atoms with Crippen molar-refractivity contribution in [2.24, 2.45) is 0 Å². The van der Waals surface area contributed by atoms with E-state index < -0.39 is 0 Å². The molecule has 1 aliphatic rings. The van der Waals surface area contributed by atoms with E-state index in [0.717, 1.165) is 5.69 Å². The molecule has 6 nitrogen and oxygen atoms in total. The summed E-state index contributed by atoms with van der Waals surface area (Å²) in [7, 11) is 1.54. The Hall–Kier alpha value is -2.60. The molecule has 0 spiro atoms. The molecule has 0 saturated heterocycles. The van der Waals surface area contributed by atoms with Gasteiger partial charge in [0.2, 0.25) is 5.91 Å². The van der Waals surface area contributed by atoms with Crippen molar-refractivity contribution < 1.29 is 14.3 Å². The molecule has 0 aromatic heterocycles. The molecule has 1 aliphatic heterocycles. The number of ether oxygens (including phenoxy) is 2. The molecule has 0 bridgehead atoms. The van der Waals surface area contributed by atoms with Gasteiger partial charge in [-0.3, -0.25) is 4.79 Å². The van der Waals surface area contributed by atoms with E-state index in [-0.39, 0.29) is 12.5 Å². The van der Waals surface area contributed by atoms with Crippen LogP contribution in [0.1, 0.15) is 0 Å². The van der Waals surface area contributed by atoms with Gasteiger partial charge < -0.3 is 25.4 Å². The fourth-order valence-electron chi connectivity index (χ4n) is 2.58. The Balaban J connectivity index is 1.69. The predicted molar refractivity (Wildman–Crippen MR) is 95.2 cm³/mol. The molecule has 0 unspecified atom stereocenters. The van der Waals surface area contributed by atoms with Crippen LogP contribution in [-0.2, 0) is 4.79 Å². The normalized spacial score (nSPS) is 13.0. The number of carbonyl (C=O) groups excluding carboxylic acids is 1. The monoisotopic (exact) mass is 347 g/mol. The lowest BCUT2D eigenvalue weighted by molar-refractivity contribution is -0.115. The van der Waals surface area contributed by atoms with Gasteiger partial charge in [0.25, 0.3) is 0 Å². The molecule has 126 valence electrons. The SMILES string of the molecule is COc1ccc(NC(=O)CN2CCOc3cc(N)ccc32)cc1Cl. The zero-order valence-corrected chi connectivity index (χ0v) is 14.0. The quantitative estimate of drug-likeness (QED) is 0.832. The maximum atomic E-state index is 12.3. The first-order valence-electron chi connectivity index (χ1n) is 7.47. The highest BCUT2D eigenvalue weighted by Crippen LogP contribution is 2.33. The fourth-order valence-corrected chi connectivity index (χ4v) is 2.83. The van der Waals surface area contributed by atoms with Crippen molar-refractivity contribution >= 4 is 34.6 Å². The molecule has 3 rings (SSSR count). The third-order valence-electron chi connectivity index (χ3n) is 3.71. The van der Waals surface area contributed by atoms with Gasteiger partial charge in [-0.2, -0.15) is 0 Å². The van der Waals surface area contributed by atoms with E-state index in [0.29, 0.717) is 41.0 Å². The van der Waals surface area contributed by atoms with Crippen molar-refractivity contribution in [2.45, 2.75) is 0 Å². The lowest BCUT2D eigenvalue weighted by Gasteiger charge is -2.30. The number of nitrogens with two attached hydrogens (primary N) is 1. The highest BCUT2D eigenvalue weighted by atomic mass is 35.5. The smallest absolute Gasteiger partial charge is 0.243 e. The van der Waals surface area contributed by atoms with Crippen LogP contribution in [0.15, 0.2) is 36.4 Å². The number of anilines is 3. The van der Waals surface area contributed by atoms with Crippen molar-refractivity contribution in [3.05, 3.63) is 41.4 Å². The Bertz CT molecular complexity index is 767. The second kappa shape index (κ2) is 6.88. The topological polar surface area (TPSA) is 76.8 Å². The van der Waals surface area contributed by atoms with E-state index in [1.165, 1.54) is 0 Å². The maximum Gasteiger partial charge on any atom is 0.243 e. The number of rotatable bonds is 4. The van der Waals surface area contributed by atoms with Crippen LogP contribution in [0, 0.1) is 0 Å². The van der Waals surface area contributed by atoms with Crippen molar-refractivity contribution in [3.8, 4) is 11.5 Å². The third-order valence-corrected chi connectivity index (χ3v) is 4.01. The second-order valence-corrected chi connectivity index (χ2v) is 5.80. The zero-order valence-electron chi connectivity index (χ0n) is 13.2. The van der Waals surface area contributed by atoms with Crippen LogP contribution in [0.25, 0.3) is 0 Å². The largest absolute Gasteiger partial charge is 0.495 e. The molecular formula is C17H18ClN3O3. The Morgan fingerprint density at radius 1 is 1.38 bits per heavy atom. The summed E-state index contributed by atoms with van der Waals surface area (Å²) in [6.45, 7) is 1.36. The summed E-state index contributed by atoms with van der Waals surface area (Å²) < 4.78 is 10.7. The van der Waals surface area contributed by atoms with E-state index in [9.17, 15) is 4.79 Å². The number of nitrogens with zero attached hydrogens (tertiary/aromatic N) is 1. The van der Waals surface area contributed by atoms with Crippen LogP contribution in [0.5, 0.6) is 11.5 Å². The van der Waals surface area contributed by atoms with Crippen molar-refractivity contribution in [1.29, 1.82) is 0 Å². The van der Waals surface area contributed by atoms with Crippen LogP contribution in [-0.4, -0.2) is 32.7 Å². The molecule has 24 heavy (non-hydrogen) atoms. The maximum absolute atomic E-state index is 12.3. The Morgan fingerprint density at radius 3 is 2.96 bits per heavy atom. The number of methoxy groups -OCH3 is 1. The average molecular weight is 348 g/mol. The van der Waals surface area contributed by atoms with E-state index in [2.05, 4.69) is 5.32 Å². The summed E-state index contributed by atoms with van der Waals surface area (Å²) in [6.07, 6.45) is 0. The first kappa shape index (κ1) is 16.3. The number of amides is 1. The van der Waals surface area contributed by atoms with E-state index >= 15 is 0 Å². The van der Waals surface area contributed by atoms with Gasteiger partial charge in [0.05, 0.1) is 30.9 Å². The molecule has 2 aromatic carbocycles.